The van der Waals surface area contributed by atoms with E-state index in [1.54, 1.807) is 0 Å². The maximum Gasteiger partial charge on any atom is 0.416 e. The first-order valence-corrected chi connectivity index (χ1v) is 7.17. The number of halogens is 3. The molecule has 0 amide bonds. The van der Waals surface area contributed by atoms with Gasteiger partial charge >= 0.3 is 6.18 Å². The average Bonchev–Trinajstić information content (AvgIpc) is 2.92. The highest BCUT2D eigenvalue weighted by Gasteiger charge is 2.32. The van der Waals surface area contributed by atoms with Gasteiger partial charge in [-0.3, -0.25) is 5.41 Å². The highest BCUT2D eigenvalue weighted by molar-refractivity contribution is 6.00. The van der Waals surface area contributed by atoms with Crippen LogP contribution in [0.15, 0.2) is 18.2 Å². The van der Waals surface area contributed by atoms with Crippen molar-refractivity contribution in [2.75, 3.05) is 11.4 Å². The van der Waals surface area contributed by atoms with Crippen LogP contribution in [-0.2, 0) is 6.18 Å². The van der Waals surface area contributed by atoms with Crippen molar-refractivity contribution in [3.05, 3.63) is 29.3 Å². The van der Waals surface area contributed by atoms with Crippen molar-refractivity contribution in [1.82, 2.24) is 0 Å². The monoisotopic (exact) mass is 299 g/mol. The third-order valence-electron chi connectivity index (χ3n) is 4.03. The summed E-state index contributed by atoms with van der Waals surface area (Å²) in [5.41, 5.74) is 5.54. The van der Waals surface area contributed by atoms with Crippen LogP contribution in [-0.4, -0.2) is 18.4 Å². The quantitative estimate of drug-likeness (QED) is 0.657. The number of nitrogens with two attached hydrogens (primary N) is 1. The van der Waals surface area contributed by atoms with Crippen molar-refractivity contribution in [2.45, 2.75) is 44.8 Å². The number of nitrogens with zero attached hydrogens (tertiary/aromatic N) is 1. The van der Waals surface area contributed by atoms with Crippen LogP contribution in [0.3, 0.4) is 0 Å². The van der Waals surface area contributed by atoms with Crippen molar-refractivity contribution >= 4 is 11.5 Å². The van der Waals surface area contributed by atoms with Crippen molar-refractivity contribution in [2.24, 2.45) is 5.73 Å². The van der Waals surface area contributed by atoms with Gasteiger partial charge in [-0.2, -0.15) is 13.2 Å². The van der Waals surface area contributed by atoms with Gasteiger partial charge in [0.15, 0.2) is 0 Å². The molecule has 1 aliphatic carbocycles. The van der Waals surface area contributed by atoms with E-state index in [0.29, 0.717) is 18.3 Å². The molecule has 0 unspecified atom stereocenters. The molecule has 0 aliphatic heterocycles. The molecule has 0 atom stereocenters. The fourth-order valence-corrected chi connectivity index (χ4v) is 3.02. The van der Waals surface area contributed by atoms with Crippen molar-refractivity contribution in [3.63, 3.8) is 0 Å². The first-order valence-electron chi connectivity index (χ1n) is 7.17. The predicted octanol–water partition coefficient (Wildman–Crippen LogP) is 3.76. The minimum atomic E-state index is -4.42. The lowest BCUT2D eigenvalue weighted by atomic mass is 10.0. The Kier molecular flexibility index (Phi) is 4.44. The molecule has 1 aliphatic rings. The number of alkyl halides is 3. The third kappa shape index (κ3) is 3.31. The number of benzene rings is 1. The highest BCUT2D eigenvalue weighted by Crippen LogP contribution is 2.35. The summed E-state index contributed by atoms with van der Waals surface area (Å²) in [4.78, 5) is 2.07. The molecule has 0 aromatic heterocycles. The van der Waals surface area contributed by atoms with E-state index in [1.807, 2.05) is 6.92 Å². The maximum atomic E-state index is 12.8. The number of nitrogens with one attached hydrogen (secondary N) is 1. The van der Waals surface area contributed by atoms with Crippen molar-refractivity contribution in [3.8, 4) is 0 Å². The van der Waals surface area contributed by atoms with Gasteiger partial charge in [-0.1, -0.05) is 12.8 Å². The summed E-state index contributed by atoms with van der Waals surface area (Å²) in [5.74, 6) is -0.326. The number of hydrogen-bond donors (Lipinski definition) is 2. The van der Waals surface area contributed by atoms with Gasteiger partial charge in [0.05, 0.1) is 5.56 Å². The lowest BCUT2D eigenvalue weighted by molar-refractivity contribution is -0.137. The van der Waals surface area contributed by atoms with Crippen molar-refractivity contribution < 1.29 is 13.2 Å². The summed E-state index contributed by atoms with van der Waals surface area (Å²) in [5, 5.41) is 7.60. The molecule has 1 fully saturated rings. The number of rotatable bonds is 4. The van der Waals surface area contributed by atoms with E-state index >= 15 is 0 Å². The van der Waals surface area contributed by atoms with E-state index in [2.05, 4.69) is 4.90 Å². The standard InChI is InChI=1S/C15H20F3N3/c1-2-21(11-5-3-4-6-11)13-8-7-10(15(16,17)18)9-12(13)14(19)20/h7-9,11H,2-6H2,1H3,(H3,19,20). The number of nitrogen functional groups attached to an aromatic ring is 1. The molecule has 3 nitrogen and oxygen atoms in total. The summed E-state index contributed by atoms with van der Waals surface area (Å²) >= 11 is 0. The maximum absolute atomic E-state index is 12.8. The van der Waals surface area contributed by atoms with E-state index < -0.39 is 11.7 Å². The molecular formula is C15H20F3N3. The topological polar surface area (TPSA) is 53.1 Å². The molecule has 0 spiro atoms. The molecule has 21 heavy (non-hydrogen) atoms. The summed E-state index contributed by atoms with van der Waals surface area (Å²) in [6, 6.07) is 3.82. The van der Waals surface area contributed by atoms with Crippen LogP contribution < -0.4 is 10.6 Å². The predicted molar refractivity (Wildman–Crippen MR) is 77.7 cm³/mol. The SMILES string of the molecule is CCN(c1ccc(C(F)(F)F)cc1C(=N)N)C1CCCC1. The fraction of sp³-hybridized carbons (Fsp3) is 0.533. The lowest BCUT2D eigenvalue weighted by Crippen LogP contribution is -2.35. The lowest BCUT2D eigenvalue weighted by Gasteiger charge is -2.32. The number of amidine groups is 1. The van der Waals surface area contributed by atoms with Crippen LogP contribution in [0.1, 0.15) is 43.7 Å². The normalized spacial score (nSPS) is 16.2. The molecular weight excluding hydrogens is 279 g/mol. The van der Waals surface area contributed by atoms with Gasteiger partial charge < -0.3 is 10.6 Å². The first kappa shape index (κ1) is 15.7. The summed E-state index contributed by atoms with van der Waals surface area (Å²) in [6.45, 7) is 2.66. The Morgan fingerprint density at radius 3 is 2.43 bits per heavy atom. The molecule has 1 aromatic rings. The van der Waals surface area contributed by atoms with E-state index in [0.717, 1.165) is 37.8 Å². The molecule has 6 heteroatoms. The third-order valence-corrected chi connectivity index (χ3v) is 4.03. The van der Waals surface area contributed by atoms with E-state index in [1.165, 1.54) is 6.07 Å². The highest BCUT2D eigenvalue weighted by atomic mass is 19.4. The van der Waals surface area contributed by atoms with E-state index in [9.17, 15) is 13.2 Å². The molecule has 116 valence electrons. The zero-order chi connectivity index (χ0) is 15.6. The van der Waals surface area contributed by atoms with Gasteiger partial charge in [-0.25, -0.2) is 0 Å². The number of hydrogen-bond acceptors (Lipinski definition) is 2. The van der Waals surface area contributed by atoms with Crippen LogP contribution in [0.25, 0.3) is 0 Å². The Balaban J connectivity index is 2.44. The van der Waals surface area contributed by atoms with Gasteiger partial charge in [-0.15, -0.1) is 0 Å². The Labute approximate surface area is 122 Å². The Morgan fingerprint density at radius 2 is 1.95 bits per heavy atom. The molecule has 0 saturated heterocycles. The number of anilines is 1. The van der Waals surface area contributed by atoms with Crippen LogP contribution in [0.4, 0.5) is 18.9 Å². The largest absolute Gasteiger partial charge is 0.416 e. The van der Waals surface area contributed by atoms with Gasteiger partial charge in [-0.05, 0) is 38.0 Å². The molecule has 2 rings (SSSR count). The van der Waals surface area contributed by atoms with Crippen LogP contribution in [0, 0.1) is 5.41 Å². The van der Waals surface area contributed by atoms with E-state index in [-0.39, 0.29) is 11.4 Å². The second kappa shape index (κ2) is 5.95. The minimum absolute atomic E-state index is 0.165. The van der Waals surface area contributed by atoms with Gasteiger partial charge in [0, 0.05) is 23.8 Å². The van der Waals surface area contributed by atoms with Crippen LogP contribution >= 0.6 is 0 Å². The molecule has 0 radical (unpaired) electrons. The average molecular weight is 299 g/mol. The molecule has 3 N–H and O–H groups in total. The van der Waals surface area contributed by atoms with Crippen molar-refractivity contribution in [1.29, 1.82) is 5.41 Å². The minimum Gasteiger partial charge on any atom is -0.384 e. The Bertz CT molecular complexity index is 519. The zero-order valence-electron chi connectivity index (χ0n) is 12.0. The fourth-order valence-electron chi connectivity index (χ4n) is 3.02. The summed E-state index contributed by atoms with van der Waals surface area (Å²) in [6.07, 6.45) is -0.0834. The molecule has 0 bridgehead atoms. The van der Waals surface area contributed by atoms with Gasteiger partial charge in [0.25, 0.3) is 0 Å². The summed E-state index contributed by atoms with van der Waals surface area (Å²) < 4.78 is 38.5. The Hall–Kier alpha value is -1.72. The molecule has 0 heterocycles. The molecule has 1 saturated carbocycles. The second-order valence-electron chi connectivity index (χ2n) is 5.37. The molecule has 1 aromatic carbocycles. The zero-order valence-corrected chi connectivity index (χ0v) is 12.0. The van der Waals surface area contributed by atoms with Crippen LogP contribution in [0.5, 0.6) is 0 Å². The van der Waals surface area contributed by atoms with Crippen LogP contribution in [0.2, 0.25) is 0 Å². The van der Waals surface area contributed by atoms with E-state index in [4.69, 9.17) is 11.1 Å². The smallest absolute Gasteiger partial charge is 0.384 e. The second-order valence-corrected chi connectivity index (χ2v) is 5.37. The van der Waals surface area contributed by atoms with Gasteiger partial charge in [0.1, 0.15) is 5.84 Å². The Morgan fingerprint density at radius 1 is 1.33 bits per heavy atom. The first-order chi connectivity index (χ1) is 9.84. The van der Waals surface area contributed by atoms with Gasteiger partial charge in [0.2, 0.25) is 0 Å². The summed E-state index contributed by atoms with van der Waals surface area (Å²) in [7, 11) is 0.